The molecule has 0 saturated carbocycles. The van der Waals surface area contributed by atoms with Crippen LogP contribution in [0.15, 0.2) is 0 Å². The molecular weight excluding hydrogens is 184 g/mol. The normalized spacial score (nSPS) is 12.5. The first kappa shape index (κ1) is 13.4. The molecule has 0 rings (SSSR count). The van der Waals surface area contributed by atoms with Crippen molar-refractivity contribution in [1.29, 1.82) is 0 Å². The molecule has 0 heterocycles. The minimum Gasteiger partial charge on any atom is -0.464 e. The van der Waals surface area contributed by atoms with Crippen LogP contribution in [0.1, 0.15) is 33.6 Å². The van der Waals surface area contributed by atoms with Crippen LogP contribution in [0.3, 0.4) is 0 Å². The van der Waals surface area contributed by atoms with Crippen molar-refractivity contribution >= 4 is 5.97 Å². The van der Waals surface area contributed by atoms with E-state index in [2.05, 4.69) is 6.92 Å². The molecule has 0 aromatic carbocycles. The van der Waals surface area contributed by atoms with Gasteiger partial charge in [0.1, 0.15) is 6.61 Å². The Labute approximate surface area is 85.5 Å². The average Bonchev–Trinajstić information content (AvgIpc) is 2.16. The van der Waals surface area contributed by atoms with Gasteiger partial charge < -0.3 is 14.2 Å². The van der Waals surface area contributed by atoms with Crippen LogP contribution in [0.4, 0.5) is 0 Å². The van der Waals surface area contributed by atoms with E-state index in [0.717, 1.165) is 12.8 Å². The van der Waals surface area contributed by atoms with Gasteiger partial charge >= 0.3 is 5.97 Å². The van der Waals surface area contributed by atoms with E-state index >= 15 is 0 Å². The summed E-state index contributed by atoms with van der Waals surface area (Å²) < 4.78 is 15.1. The first-order chi connectivity index (χ1) is 6.70. The minimum atomic E-state index is -0.349. The third kappa shape index (κ3) is 8.01. The van der Waals surface area contributed by atoms with Gasteiger partial charge in [-0.2, -0.15) is 0 Å². The lowest BCUT2D eigenvalue weighted by atomic mass is 10.4. The molecule has 0 aliphatic rings. The summed E-state index contributed by atoms with van der Waals surface area (Å²) in [7, 11) is 0. The summed E-state index contributed by atoms with van der Waals surface area (Å²) in [6.45, 7) is 6.64. The van der Waals surface area contributed by atoms with Gasteiger partial charge in [-0.05, 0) is 20.3 Å². The summed E-state index contributed by atoms with van der Waals surface area (Å²) in [6.07, 6.45) is 1.75. The number of esters is 1. The Bertz CT molecular complexity index is 147. The maximum Gasteiger partial charge on any atom is 0.332 e. The Morgan fingerprint density at radius 1 is 1.29 bits per heavy atom. The molecule has 0 spiro atoms. The summed E-state index contributed by atoms with van der Waals surface area (Å²) in [6, 6.07) is 0. The highest BCUT2D eigenvalue weighted by atomic mass is 16.7. The second-order valence-electron chi connectivity index (χ2n) is 2.91. The van der Waals surface area contributed by atoms with Gasteiger partial charge in [0, 0.05) is 6.61 Å². The van der Waals surface area contributed by atoms with E-state index in [1.54, 1.807) is 13.8 Å². The molecule has 1 atom stereocenters. The van der Waals surface area contributed by atoms with Gasteiger partial charge in [0.2, 0.25) is 0 Å². The van der Waals surface area contributed by atoms with Crippen LogP contribution >= 0.6 is 0 Å². The zero-order valence-corrected chi connectivity index (χ0v) is 9.25. The first-order valence-electron chi connectivity index (χ1n) is 5.09. The Hall–Kier alpha value is -0.610. The number of unbranched alkanes of at least 4 members (excludes halogenated alkanes) is 1. The summed E-state index contributed by atoms with van der Waals surface area (Å²) >= 11 is 0. The molecule has 14 heavy (non-hydrogen) atoms. The standard InChI is InChI=1S/C10H20O4/c1-4-6-7-13-9(3)14-8-10(11)12-5-2/h9H,4-8H2,1-3H3. The predicted molar refractivity (Wildman–Crippen MR) is 52.9 cm³/mol. The van der Waals surface area contributed by atoms with Gasteiger partial charge in [0.05, 0.1) is 6.61 Å². The number of hydrogen-bond donors (Lipinski definition) is 0. The van der Waals surface area contributed by atoms with E-state index in [1.165, 1.54) is 0 Å². The Morgan fingerprint density at radius 3 is 2.57 bits per heavy atom. The monoisotopic (exact) mass is 204 g/mol. The van der Waals surface area contributed by atoms with Crippen LogP contribution in [-0.2, 0) is 19.0 Å². The van der Waals surface area contributed by atoms with Crippen molar-refractivity contribution in [2.24, 2.45) is 0 Å². The zero-order chi connectivity index (χ0) is 10.8. The number of rotatable bonds is 8. The van der Waals surface area contributed by atoms with Gasteiger partial charge in [0.15, 0.2) is 6.29 Å². The van der Waals surface area contributed by atoms with Crippen molar-refractivity contribution < 1.29 is 19.0 Å². The molecule has 0 radical (unpaired) electrons. The van der Waals surface area contributed by atoms with E-state index in [0.29, 0.717) is 13.2 Å². The molecule has 1 unspecified atom stereocenters. The molecular formula is C10H20O4. The lowest BCUT2D eigenvalue weighted by Crippen LogP contribution is -2.20. The van der Waals surface area contributed by atoms with Crippen molar-refractivity contribution in [1.82, 2.24) is 0 Å². The molecule has 0 fully saturated rings. The number of ether oxygens (including phenoxy) is 3. The van der Waals surface area contributed by atoms with E-state index in [4.69, 9.17) is 14.2 Å². The van der Waals surface area contributed by atoms with Gasteiger partial charge in [-0.3, -0.25) is 0 Å². The molecule has 0 amide bonds. The quantitative estimate of drug-likeness (QED) is 0.343. The highest BCUT2D eigenvalue weighted by Crippen LogP contribution is 1.97. The largest absolute Gasteiger partial charge is 0.464 e. The van der Waals surface area contributed by atoms with Crippen LogP contribution in [0, 0.1) is 0 Å². The Morgan fingerprint density at radius 2 is 2.00 bits per heavy atom. The van der Waals surface area contributed by atoms with Gasteiger partial charge in [-0.25, -0.2) is 4.79 Å². The van der Waals surface area contributed by atoms with Crippen LogP contribution in [0.2, 0.25) is 0 Å². The first-order valence-corrected chi connectivity index (χ1v) is 5.09. The molecule has 0 bridgehead atoms. The van der Waals surface area contributed by atoms with Crippen LogP contribution in [0.25, 0.3) is 0 Å². The molecule has 0 saturated heterocycles. The average molecular weight is 204 g/mol. The summed E-state index contributed by atoms with van der Waals surface area (Å²) in [5, 5.41) is 0. The van der Waals surface area contributed by atoms with Gasteiger partial charge in [-0.1, -0.05) is 13.3 Å². The maximum absolute atomic E-state index is 10.9. The molecule has 0 aliphatic carbocycles. The van der Waals surface area contributed by atoms with Crippen molar-refractivity contribution in [2.75, 3.05) is 19.8 Å². The molecule has 4 heteroatoms. The predicted octanol–water partition coefficient (Wildman–Crippen LogP) is 1.73. The van der Waals surface area contributed by atoms with E-state index in [-0.39, 0.29) is 18.9 Å². The highest BCUT2D eigenvalue weighted by Gasteiger charge is 2.06. The van der Waals surface area contributed by atoms with Crippen molar-refractivity contribution in [3.8, 4) is 0 Å². The lowest BCUT2D eigenvalue weighted by Gasteiger charge is -2.12. The van der Waals surface area contributed by atoms with Crippen molar-refractivity contribution in [3.63, 3.8) is 0 Å². The lowest BCUT2D eigenvalue weighted by molar-refractivity contribution is -0.168. The number of hydrogen-bond acceptors (Lipinski definition) is 4. The van der Waals surface area contributed by atoms with Gasteiger partial charge in [-0.15, -0.1) is 0 Å². The third-order valence-corrected chi connectivity index (χ3v) is 1.59. The third-order valence-electron chi connectivity index (χ3n) is 1.59. The number of carbonyl (C=O) groups excluding carboxylic acids is 1. The fourth-order valence-electron chi connectivity index (χ4n) is 0.830. The van der Waals surface area contributed by atoms with Gasteiger partial charge in [0.25, 0.3) is 0 Å². The van der Waals surface area contributed by atoms with Crippen LogP contribution in [-0.4, -0.2) is 32.1 Å². The molecule has 0 aromatic heterocycles. The highest BCUT2D eigenvalue weighted by molar-refractivity contribution is 5.70. The number of carbonyl (C=O) groups is 1. The fraction of sp³-hybridized carbons (Fsp3) is 0.900. The smallest absolute Gasteiger partial charge is 0.332 e. The second kappa shape index (κ2) is 8.97. The summed E-state index contributed by atoms with van der Waals surface area (Å²) in [5.74, 6) is -0.349. The second-order valence-corrected chi connectivity index (χ2v) is 2.91. The molecule has 4 nitrogen and oxygen atoms in total. The van der Waals surface area contributed by atoms with Crippen molar-refractivity contribution in [2.45, 2.75) is 39.9 Å². The molecule has 0 aliphatic heterocycles. The van der Waals surface area contributed by atoms with Crippen LogP contribution in [0.5, 0.6) is 0 Å². The zero-order valence-electron chi connectivity index (χ0n) is 9.25. The minimum absolute atomic E-state index is 0.0405. The topological polar surface area (TPSA) is 44.8 Å². The maximum atomic E-state index is 10.9. The fourth-order valence-corrected chi connectivity index (χ4v) is 0.830. The molecule has 84 valence electrons. The van der Waals surface area contributed by atoms with E-state index in [1.807, 2.05) is 0 Å². The summed E-state index contributed by atoms with van der Waals surface area (Å²) in [5.41, 5.74) is 0. The Balaban J connectivity index is 3.33. The Kier molecular flexibility index (Phi) is 8.57. The van der Waals surface area contributed by atoms with Crippen molar-refractivity contribution in [3.05, 3.63) is 0 Å². The van der Waals surface area contributed by atoms with E-state index in [9.17, 15) is 4.79 Å². The van der Waals surface area contributed by atoms with Crippen LogP contribution < -0.4 is 0 Å². The summed E-state index contributed by atoms with van der Waals surface area (Å²) in [4.78, 5) is 10.9. The SMILES string of the molecule is CCCCOC(C)OCC(=O)OCC. The molecule has 0 N–H and O–H groups in total. The molecule has 0 aromatic rings. The van der Waals surface area contributed by atoms with E-state index < -0.39 is 0 Å².